The summed E-state index contributed by atoms with van der Waals surface area (Å²) in [5.74, 6) is 0. The number of H-pyrrole nitrogens is 1. The van der Waals surface area contributed by atoms with Crippen LogP contribution in [-0.4, -0.2) is 19.9 Å². The van der Waals surface area contributed by atoms with Crippen LogP contribution in [0.2, 0.25) is 0 Å². The summed E-state index contributed by atoms with van der Waals surface area (Å²) in [6, 6.07) is 7.95. The van der Waals surface area contributed by atoms with E-state index in [1.54, 1.807) is 4.68 Å². The summed E-state index contributed by atoms with van der Waals surface area (Å²) in [6.45, 7) is 6.34. The number of rotatable bonds is 2. The Balaban J connectivity index is 2.15. The number of hydrogen-bond donors (Lipinski definition) is 2. The second-order valence-electron chi connectivity index (χ2n) is 6.55. The number of hydrogen-bond acceptors (Lipinski definition) is 2. The molecule has 1 aromatic carbocycles. The van der Waals surface area contributed by atoms with Gasteiger partial charge >= 0.3 is 0 Å². The van der Waals surface area contributed by atoms with Crippen LogP contribution in [0.15, 0.2) is 36.7 Å². The van der Waals surface area contributed by atoms with Crippen molar-refractivity contribution < 1.29 is 5.11 Å². The minimum Gasteiger partial charge on any atom is -0.384 e. The first-order valence-electron chi connectivity index (χ1n) is 7.16. The predicted molar refractivity (Wildman–Crippen MR) is 84.3 cm³/mol. The summed E-state index contributed by atoms with van der Waals surface area (Å²) in [6.07, 6.45) is 3.14. The minimum atomic E-state index is -0.674. The Morgan fingerprint density at radius 2 is 1.95 bits per heavy atom. The van der Waals surface area contributed by atoms with E-state index >= 15 is 0 Å². The fourth-order valence-electron chi connectivity index (χ4n) is 2.81. The minimum absolute atomic E-state index is 0.108. The highest BCUT2D eigenvalue weighted by atomic mass is 16.3. The van der Waals surface area contributed by atoms with Crippen LogP contribution in [0.3, 0.4) is 0 Å². The smallest absolute Gasteiger partial charge is 0.108 e. The lowest BCUT2D eigenvalue weighted by Crippen LogP contribution is -2.16. The molecule has 0 saturated carbocycles. The Hall–Kier alpha value is -2.07. The third-order valence-corrected chi connectivity index (χ3v) is 3.79. The lowest BCUT2D eigenvalue weighted by atomic mass is 9.86. The van der Waals surface area contributed by atoms with Crippen molar-refractivity contribution in [2.75, 3.05) is 0 Å². The van der Waals surface area contributed by atoms with Gasteiger partial charge in [0.2, 0.25) is 0 Å². The van der Waals surface area contributed by atoms with Crippen molar-refractivity contribution in [3.8, 4) is 0 Å². The number of nitrogens with zero attached hydrogens (tertiary/aromatic N) is 2. The van der Waals surface area contributed by atoms with Crippen LogP contribution in [0.5, 0.6) is 0 Å². The van der Waals surface area contributed by atoms with E-state index in [2.05, 4.69) is 30.9 Å². The number of aliphatic hydroxyl groups is 1. The second kappa shape index (κ2) is 4.74. The maximum absolute atomic E-state index is 10.9. The average molecular weight is 283 g/mol. The molecule has 0 spiro atoms. The topological polar surface area (TPSA) is 53.8 Å². The number of aromatic nitrogens is 3. The summed E-state index contributed by atoms with van der Waals surface area (Å²) in [5, 5.41) is 16.5. The van der Waals surface area contributed by atoms with Crippen molar-refractivity contribution in [3.05, 3.63) is 53.5 Å². The molecule has 1 atom stereocenters. The number of aryl methyl sites for hydroxylation is 1. The zero-order valence-electron chi connectivity index (χ0n) is 12.9. The van der Waals surface area contributed by atoms with Gasteiger partial charge in [-0.2, -0.15) is 5.10 Å². The quantitative estimate of drug-likeness (QED) is 0.758. The van der Waals surface area contributed by atoms with Gasteiger partial charge in [0, 0.05) is 41.3 Å². The third kappa shape index (κ3) is 2.36. The lowest BCUT2D eigenvalue weighted by molar-refractivity contribution is 0.219. The second-order valence-corrected chi connectivity index (χ2v) is 6.55. The van der Waals surface area contributed by atoms with Crippen molar-refractivity contribution in [1.82, 2.24) is 14.8 Å². The van der Waals surface area contributed by atoms with Crippen molar-refractivity contribution in [2.24, 2.45) is 7.05 Å². The molecule has 0 fully saturated rings. The van der Waals surface area contributed by atoms with E-state index in [9.17, 15) is 5.11 Å². The molecule has 0 aliphatic rings. The molecule has 2 N–H and O–H groups in total. The Morgan fingerprint density at radius 3 is 2.67 bits per heavy atom. The molecule has 0 aliphatic carbocycles. The van der Waals surface area contributed by atoms with Gasteiger partial charge in [0.1, 0.15) is 6.10 Å². The van der Waals surface area contributed by atoms with E-state index in [-0.39, 0.29) is 5.41 Å². The van der Waals surface area contributed by atoms with E-state index in [4.69, 9.17) is 0 Å². The average Bonchev–Trinajstić information content (AvgIpc) is 3.02. The van der Waals surface area contributed by atoms with E-state index < -0.39 is 6.10 Å². The van der Waals surface area contributed by atoms with Gasteiger partial charge in [-0.25, -0.2) is 0 Å². The van der Waals surface area contributed by atoms with Gasteiger partial charge in [-0.1, -0.05) is 32.9 Å². The van der Waals surface area contributed by atoms with Crippen molar-refractivity contribution in [1.29, 1.82) is 0 Å². The molecule has 110 valence electrons. The molecule has 2 heterocycles. The number of aromatic amines is 1. The summed E-state index contributed by atoms with van der Waals surface area (Å²) in [4.78, 5) is 3.18. The van der Waals surface area contributed by atoms with E-state index in [1.165, 1.54) is 0 Å². The number of aliphatic hydroxyl groups excluding tert-OH is 1. The number of fused-ring (bicyclic) bond motifs is 1. The number of nitrogens with one attached hydrogen (secondary N) is 1. The fourth-order valence-corrected chi connectivity index (χ4v) is 2.81. The molecular formula is C17H21N3O. The molecule has 1 unspecified atom stereocenters. The van der Waals surface area contributed by atoms with Crippen LogP contribution >= 0.6 is 0 Å². The first-order chi connectivity index (χ1) is 9.88. The molecule has 4 heteroatoms. The van der Waals surface area contributed by atoms with Gasteiger partial charge in [0.15, 0.2) is 0 Å². The fraction of sp³-hybridized carbons (Fsp3) is 0.353. The Labute approximate surface area is 124 Å². The summed E-state index contributed by atoms with van der Waals surface area (Å²) in [7, 11) is 1.89. The molecule has 3 rings (SSSR count). The van der Waals surface area contributed by atoms with Crippen LogP contribution in [0, 0.1) is 0 Å². The van der Waals surface area contributed by atoms with Crippen LogP contribution < -0.4 is 0 Å². The van der Waals surface area contributed by atoms with Crippen LogP contribution in [0.4, 0.5) is 0 Å². The standard InChI is InChI=1S/C17H21N3O/c1-17(2,3)16-13(10-20(4)19-16)15(21)12-6-5-7-14-11(12)8-9-18-14/h5-10,15,18,21H,1-4H3. The van der Waals surface area contributed by atoms with Crippen LogP contribution in [0.1, 0.15) is 43.7 Å². The van der Waals surface area contributed by atoms with Crippen molar-refractivity contribution in [3.63, 3.8) is 0 Å². The molecule has 0 radical (unpaired) electrons. The molecule has 2 aromatic heterocycles. The normalized spacial score (nSPS) is 13.8. The van der Waals surface area contributed by atoms with Gasteiger partial charge < -0.3 is 10.1 Å². The molecule has 0 bridgehead atoms. The Morgan fingerprint density at radius 1 is 1.19 bits per heavy atom. The van der Waals surface area contributed by atoms with Crippen LogP contribution in [-0.2, 0) is 12.5 Å². The summed E-state index contributed by atoms with van der Waals surface area (Å²) in [5.41, 5.74) is 3.65. The SMILES string of the molecule is Cn1cc(C(O)c2cccc3[nH]ccc23)c(C(C)(C)C)n1. The molecule has 0 amide bonds. The Kier molecular flexibility index (Phi) is 3.14. The lowest BCUT2D eigenvalue weighted by Gasteiger charge is -2.20. The highest BCUT2D eigenvalue weighted by Crippen LogP contribution is 2.34. The molecule has 0 saturated heterocycles. The molecule has 0 aliphatic heterocycles. The zero-order chi connectivity index (χ0) is 15.2. The van der Waals surface area contributed by atoms with Gasteiger partial charge in [-0.05, 0) is 17.7 Å². The van der Waals surface area contributed by atoms with Gasteiger partial charge in [0.25, 0.3) is 0 Å². The third-order valence-electron chi connectivity index (χ3n) is 3.79. The van der Waals surface area contributed by atoms with E-state index in [0.717, 1.165) is 27.7 Å². The monoisotopic (exact) mass is 283 g/mol. The zero-order valence-corrected chi connectivity index (χ0v) is 12.9. The van der Waals surface area contributed by atoms with Crippen molar-refractivity contribution >= 4 is 10.9 Å². The maximum atomic E-state index is 10.9. The largest absolute Gasteiger partial charge is 0.384 e. The first-order valence-corrected chi connectivity index (χ1v) is 7.16. The molecule has 4 nitrogen and oxygen atoms in total. The van der Waals surface area contributed by atoms with E-state index in [1.807, 2.05) is 43.7 Å². The first kappa shape index (κ1) is 13.9. The summed E-state index contributed by atoms with van der Waals surface area (Å²) < 4.78 is 1.77. The van der Waals surface area contributed by atoms with Gasteiger partial charge in [-0.3, -0.25) is 4.68 Å². The van der Waals surface area contributed by atoms with Gasteiger partial charge in [0.05, 0.1) is 5.69 Å². The molecule has 3 aromatic rings. The van der Waals surface area contributed by atoms with Crippen molar-refractivity contribution in [2.45, 2.75) is 32.3 Å². The molecular weight excluding hydrogens is 262 g/mol. The van der Waals surface area contributed by atoms with Gasteiger partial charge in [-0.15, -0.1) is 0 Å². The molecule has 21 heavy (non-hydrogen) atoms. The maximum Gasteiger partial charge on any atom is 0.108 e. The summed E-state index contributed by atoms with van der Waals surface area (Å²) >= 11 is 0. The predicted octanol–water partition coefficient (Wildman–Crippen LogP) is 3.28. The highest BCUT2D eigenvalue weighted by molar-refractivity contribution is 5.83. The highest BCUT2D eigenvalue weighted by Gasteiger charge is 2.27. The van der Waals surface area contributed by atoms with Crippen LogP contribution in [0.25, 0.3) is 10.9 Å². The van der Waals surface area contributed by atoms with E-state index in [0.29, 0.717) is 0 Å². The number of benzene rings is 1. The Bertz CT molecular complexity index is 777.